The molecule has 0 spiro atoms. The van der Waals surface area contributed by atoms with E-state index < -0.39 is 25.9 Å². The Labute approximate surface area is 186 Å². The molecule has 32 heavy (non-hydrogen) atoms. The Bertz CT molecular complexity index is 1340. The minimum atomic E-state index is -3.91. The molecule has 0 unspecified atom stereocenters. The summed E-state index contributed by atoms with van der Waals surface area (Å²) in [5, 5.41) is 0. The number of hydrogen-bond acceptors (Lipinski definition) is 5. The lowest BCUT2D eigenvalue weighted by Gasteiger charge is -2.31. The van der Waals surface area contributed by atoms with E-state index in [-0.39, 0.29) is 9.79 Å². The van der Waals surface area contributed by atoms with E-state index in [0.717, 1.165) is 12.1 Å². The molecule has 1 aliphatic rings. The predicted octanol–water partition coefficient (Wildman–Crippen LogP) is 3.78. The van der Waals surface area contributed by atoms with Crippen molar-refractivity contribution in [1.29, 1.82) is 0 Å². The highest BCUT2D eigenvalue weighted by Gasteiger charge is 2.29. The Morgan fingerprint density at radius 3 is 2.22 bits per heavy atom. The molecule has 0 fully saturated rings. The molecule has 1 heterocycles. The minimum absolute atomic E-state index is 0.0691. The van der Waals surface area contributed by atoms with Gasteiger partial charge in [-0.25, -0.2) is 21.2 Å². The number of nitrogens with zero attached hydrogens (tertiary/aromatic N) is 1. The molecule has 0 aromatic heterocycles. The molecule has 3 aromatic rings. The Kier molecular flexibility index (Phi) is 5.83. The van der Waals surface area contributed by atoms with Crippen LogP contribution in [0.5, 0.6) is 5.75 Å². The van der Waals surface area contributed by atoms with E-state index in [0.29, 0.717) is 42.1 Å². The second kappa shape index (κ2) is 8.44. The van der Waals surface area contributed by atoms with Gasteiger partial charge >= 0.3 is 0 Å². The molecule has 0 radical (unpaired) electrons. The van der Waals surface area contributed by atoms with Crippen LogP contribution in [0.2, 0.25) is 0 Å². The lowest BCUT2D eigenvalue weighted by Crippen LogP contribution is -2.35. The largest absolute Gasteiger partial charge is 0.497 e. The van der Waals surface area contributed by atoms with Crippen LogP contribution in [0.15, 0.2) is 76.5 Å². The van der Waals surface area contributed by atoms with E-state index in [4.69, 9.17) is 4.74 Å². The van der Waals surface area contributed by atoms with Crippen molar-refractivity contribution in [3.8, 4) is 5.75 Å². The average molecular weight is 477 g/mol. The first-order chi connectivity index (χ1) is 15.2. The minimum Gasteiger partial charge on any atom is -0.497 e. The van der Waals surface area contributed by atoms with Crippen molar-refractivity contribution in [2.45, 2.75) is 22.6 Å². The molecule has 168 valence electrons. The fourth-order valence-electron chi connectivity index (χ4n) is 3.58. The quantitative estimate of drug-likeness (QED) is 0.585. The SMILES string of the molecule is COc1ccc(S(=O)(=O)N2CCCc3cc(NS(=O)(=O)c4ccc(F)cc4)ccc32)cc1. The third-order valence-electron chi connectivity index (χ3n) is 5.18. The predicted molar refractivity (Wildman–Crippen MR) is 119 cm³/mol. The molecule has 4 rings (SSSR count). The van der Waals surface area contributed by atoms with E-state index in [1.54, 1.807) is 24.3 Å². The lowest BCUT2D eigenvalue weighted by molar-refractivity contribution is 0.414. The zero-order valence-corrected chi connectivity index (χ0v) is 18.8. The molecule has 7 nitrogen and oxygen atoms in total. The van der Waals surface area contributed by atoms with Gasteiger partial charge in [0.2, 0.25) is 0 Å². The molecule has 1 N–H and O–H groups in total. The van der Waals surface area contributed by atoms with Gasteiger partial charge in [0.15, 0.2) is 0 Å². The number of aryl methyl sites for hydroxylation is 1. The number of benzene rings is 3. The maximum Gasteiger partial charge on any atom is 0.264 e. The van der Waals surface area contributed by atoms with E-state index in [1.807, 2.05) is 0 Å². The highest BCUT2D eigenvalue weighted by atomic mass is 32.2. The van der Waals surface area contributed by atoms with Crippen LogP contribution in [0.1, 0.15) is 12.0 Å². The Balaban J connectivity index is 1.63. The zero-order chi connectivity index (χ0) is 22.9. The maximum atomic E-state index is 13.2. The van der Waals surface area contributed by atoms with Gasteiger partial charge in [-0.2, -0.15) is 0 Å². The van der Waals surface area contributed by atoms with E-state index in [2.05, 4.69) is 4.72 Å². The van der Waals surface area contributed by atoms with E-state index >= 15 is 0 Å². The first-order valence-corrected chi connectivity index (χ1v) is 12.7. The first kappa shape index (κ1) is 22.1. The van der Waals surface area contributed by atoms with Crippen molar-refractivity contribution in [1.82, 2.24) is 0 Å². The summed E-state index contributed by atoms with van der Waals surface area (Å²) in [4.78, 5) is 0.0765. The van der Waals surface area contributed by atoms with Gasteiger partial charge in [0.05, 0.1) is 22.6 Å². The van der Waals surface area contributed by atoms with Crippen LogP contribution in [0.25, 0.3) is 0 Å². The van der Waals surface area contributed by atoms with Crippen LogP contribution >= 0.6 is 0 Å². The number of nitrogens with one attached hydrogen (secondary N) is 1. The topological polar surface area (TPSA) is 92.8 Å². The van der Waals surface area contributed by atoms with Gasteiger partial charge in [-0.15, -0.1) is 0 Å². The number of hydrogen-bond donors (Lipinski definition) is 1. The maximum absolute atomic E-state index is 13.2. The lowest BCUT2D eigenvalue weighted by atomic mass is 10.0. The molecular formula is C22H21FN2O5S2. The summed E-state index contributed by atoms with van der Waals surface area (Å²) < 4.78 is 73.6. The number of methoxy groups -OCH3 is 1. The number of rotatable bonds is 6. The number of sulfonamides is 2. The Hall–Kier alpha value is -3.11. The highest BCUT2D eigenvalue weighted by Crippen LogP contribution is 2.34. The van der Waals surface area contributed by atoms with Gasteiger partial charge in [-0.1, -0.05) is 0 Å². The molecule has 3 aromatic carbocycles. The molecular weight excluding hydrogens is 455 g/mol. The Morgan fingerprint density at radius 2 is 1.56 bits per heavy atom. The standard InChI is InChI=1S/C22H21FN2O5S2/c1-30-19-7-11-21(12-8-19)32(28,29)25-14-2-3-16-15-18(6-13-22(16)25)24-31(26,27)20-9-4-17(23)5-10-20/h4-13,15,24H,2-3,14H2,1H3. The first-order valence-electron chi connectivity index (χ1n) is 9.79. The average Bonchev–Trinajstić information content (AvgIpc) is 2.78. The van der Waals surface area contributed by atoms with Crippen LogP contribution < -0.4 is 13.8 Å². The van der Waals surface area contributed by atoms with E-state index in [9.17, 15) is 21.2 Å². The highest BCUT2D eigenvalue weighted by molar-refractivity contribution is 7.93. The molecule has 0 bridgehead atoms. The summed E-state index contributed by atoms with van der Waals surface area (Å²) in [6.45, 7) is 0.321. The summed E-state index contributed by atoms with van der Waals surface area (Å²) in [5.41, 5.74) is 1.53. The summed E-state index contributed by atoms with van der Waals surface area (Å²) >= 11 is 0. The molecule has 0 aliphatic carbocycles. The van der Waals surface area contributed by atoms with Crippen molar-refractivity contribution in [2.75, 3.05) is 22.7 Å². The number of fused-ring (bicyclic) bond motifs is 1. The van der Waals surface area contributed by atoms with Crippen LogP contribution in [0, 0.1) is 5.82 Å². The normalized spacial score (nSPS) is 14.0. The van der Waals surface area contributed by atoms with Crippen LogP contribution in [0.3, 0.4) is 0 Å². The van der Waals surface area contributed by atoms with Gasteiger partial charge in [0.1, 0.15) is 11.6 Å². The second-order valence-corrected chi connectivity index (χ2v) is 10.8. The molecule has 0 amide bonds. The fraction of sp³-hybridized carbons (Fsp3) is 0.182. The number of ether oxygens (including phenoxy) is 1. The third kappa shape index (κ3) is 4.28. The second-order valence-electron chi connectivity index (χ2n) is 7.26. The van der Waals surface area contributed by atoms with Crippen molar-refractivity contribution < 1.29 is 26.0 Å². The van der Waals surface area contributed by atoms with Crippen molar-refractivity contribution in [2.24, 2.45) is 0 Å². The number of anilines is 2. The van der Waals surface area contributed by atoms with Gasteiger partial charge in [-0.3, -0.25) is 9.03 Å². The summed E-state index contributed by atoms with van der Waals surface area (Å²) in [7, 11) is -6.19. The van der Waals surface area contributed by atoms with Gasteiger partial charge in [-0.05, 0) is 85.1 Å². The smallest absolute Gasteiger partial charge is 0.264 e. The van der Waals surface area contributed by atoms with Crippen LogP contribution in [-0.4, -0.2) is 30.5 Å². The number of halogens is 1. The van der Waals surface area contributed by atoms with Crippen LogP contribution in [0.4, 0.5) is 15.8 Å². The van der Waals surface area contributed by atoms with Crippen molar-refractivity contribution >= 4 is 31.4 Å². The summed E-state index contributed by atoms with van der Waals surface area (Å²) in [6.07, 6.45) is 1.20. The van der Waals surface area contributed by atoms with Crippen molar-refractivity contribution in [3.63, 3.8) is 0 Å². The third-order valence-corrected chi connectivity index (χ3v) is 8.40. The van der Waals surface area contributed by atoms with Gasteiger partial charge < -0.3 is 4.74 Å². The zero-order valence-electron chi connectivity index (χ0n) is 17.2. The molecule has 0 atom stereocenters. The monoisotopic (exact) mass is 476 g/mol. The molecule has 10 heteroatoms. The molecule has 1 aliphatic heterocycles. The molecule has 0 saturated carbocycles. The van der Waals surface area contributed by atoms with Crippen LogP contribution in [-0.2, 0) is 26.5 Å². The van der Waals surface area contributed by atoms with Gasteiger partial charge in [0, 0.05) is 12.2 Å². The fourth-order valence-corrected chi connectivity index (χ4v) is 6.17. The van der Waals surface area contributed by atoms with Crippen molar-refractivity contribution in [3.05, 3.63) is 78.1 Å². The molecule has 0 saturated heterocycles. The Morgan fingerprint density at radius 1 is 0.906 bits per heavy atom. The van der Waals surface area contributed by atoms with E-state index in [1.165, 1.54) is 41.7 Å². The van der Waals surface area contributed by atoms with Gasteiger partial charge in [0.25, 0.3) is 20.0 Å². The summed E-state index contributed by atoms with van der Waals surface area (Å²) in [6, 6.07) is 15.4. The summed E-state index contributed by atoms with van der Waals surface area (Å²) in [5.74, 6) is 0.0250.